The summed E-state index contributed by atoms with van der Waals surface area (Å²) in [4.78, 5) is 14.6. The van der Waals surface area contributed by atoms with Gasteiger partial charge in [-0.1, -0.05) is 37.3 Å². The molecule has 0 spiro atoms. The third kappa shape index (κ3) is 4.83. The first-order chi connectivity index (χ1) is 10.2. The van der Waals surface area contributed by atoms with Crippen LogP contribution in [0, 0.1) is 5.92 Å². The standard InChI is InChI=1S/C17H26N2O2/c1-14(9-11-20)12-18-17(21)16-8-5-10-19(16)13-15-6-3-2-4-7-15/h2-4,6-7,14,16,20H,5,8-13H2,1H3,(H,18,21). The second-order valence-corrected chi connectivity index (χ2v) is 5.98. The van der Waals surface area contributed by atoms with Crippen LogP contribution in [0.1, 0.15) is 31.7 Å². The van der Waals surface area contributed by atoms with Crippen LogP contribution in [0.15, 0.2) is 30.3 Å². The first-order valence-electron chi connectivity index (χ1n) is 7.87. The van der Waals surface area contributed by atoms with Crippen molar-refractivity contribution in [2.45, 2.75) is 38.8 Å². The summed E-state index contributed by atoms with van der Waals surface area (Å²) in [6.45, 7) is 4.70. The van der Waals surface area contributed by atoms with Crippen LogP contribution >= 0.6 is 0 Å². The minimum atomic E-state index is -0.00784. The zero-order valence-electron chi connectivity index (χ0n) is 12.8. The van der Waals surface area contributed by atoms with Gasteiger partial charge in [0.1, 0.15) is 0 Å². The van der Waals surface area contributed by atoms with Crippen LogP contribution in [-0.4, -0.2) is 41.7 Å². The molecule has 1 fully saturated rings. The summed E-state index contributed by atoms with van der Waals surface area (Å²) in [5, 5.41) is 11.9. The molecular weight excluding hydrogens is 264 g/mol. The summed E-state index contributed by atoms with van der Waals surface area (Å²) in [6.07, 6.45) is 2.75. The first kappa shape index (κ1) is 16.0. The summed E-state index contributed by atoms with van der Waals surface area (Å²) in [5.41, 5.74) is 1.26. The fraction of sp³-hybridized carbons (Fsp3) is 0.588. The van der Waals surface area contributed by atoms with E-state index in [0.29, 0.717) is 12.5 Å². The number of aliphatic hydroxyl groups excluding tert-OH is 1. The lowest BCUT2D eigenvalue weighted by Gasteiger charge is -2.24. The van der Waals surface area contributed by atoms with Gasteiger partial charge < -0.3 is 10.4 Å². The average molecular weight is 290 g/mol. The lowest BCUT2D eigenvalue weighted by Crippen LogP contribution is -2.44. The predicted molar refractivity (Wildman–Crippen MR) is 83.8 cm³/mol. The molecule has 4 heteroatoms. The fourth-order valence-electron chi connectivity index (χ4n) is 2.85. The lowest BCUT2D eigenvalue weighted by atomic mass is 10.1. The molecule has 2 unspecified atom stereocenters. The molecule has 116 valence electrons. The van der Waals surface area contributed by atoms with E-state index in [1.54, 1.807) is 0 Å². The van der Waals surface area contributed by atoms with Crippen LogP contribution in [0.3, 0.4) is 0 Å². The van der Waals surface area contributed by atoms with Crippen LogP contribution in [0.25, 0.3) is 0 Å². The maximum Gasteiger partial charge on any atom is 0.237 e. The Morgan fingerprint density at radius 1 is 1.43 bits per heavy atom. The third-order valence-corrected chi connectivity index (χ3v) is 4.14. The van der Waals surface area contributed by atoms with E-state index in [2.05, 4.69) is 22.3 Å². The zero-order valence-corrected chi connectivity index (χ0v) is 12.8. The number of aliphatic hydroxyl groups is 1. The van der Waals surface area contributed by atoms with Crippen molar-refractivity contribution in [3.05, 3.63) is 35.9 Å². The molecule has 0 bridgehead atoms. The van der Waals surface area contributed by atoms with Gasteiger partial charge >= 0.3 is 0 Å². The van der Waals surface area contributed by atoms with Crippen molar-refractivity contribution in [3.63, 3.8) is 0 Å². The van der Waals surface area contributed by atoms with Crippen molar-refractivity contribution in [1.29, 1.82) is 0 Å². The summed E-state index contributed by atoms with van der Waals surface area (Å²) in [5.74, 6) is 0.455. The highest BCUT2D eigenvalue weighted by Crippen LogP contribution is 2.20. The summed E-state index contributed by atoms with van der Waals surface area (Å²) in [6, 6.07) is 10.3. The number of rotatable bonds is 7. The van der Waals surface area contributed by atoms with Crippen molar-refractivity contribution < 1.29 is 9.90 Å². The molecule has 4 nitrogen and oxygen atoms in total. The molecule has 1 heterocycles. The van der Waals surface area contributed by atoms with Gasteiger partial charge in [-0.25, -0.2) is 0 Å². The number of hydrogen-bond donors (Lipinski definition) is 2. The predicted octanol–water partition coefficient (Wildman–Crippen LogP) is 1.79. The van der Waals surface area contributed by atoms with Crippen LogP contribution < -0.4 is 5.32 Å². The van der Waals surface area contributed by atoms with Crippen molar-refractivity contribution in [2.24, 2.45) is 5.92 Å². The number of hydrogen-bond acceptors (Lipinski definition) is 3. The monoisotopic (exact) mass is 290 g/mol. The smallest absolute Gasteiger partial charge is 0.237 e. The molecule has 0 aromatic heterocycles. The highest BCUT2D eigenvalue weighted by Gasteiger charge is 2.30. The van der Waals surface area contributed by atoms with Crippen molar-refractivity contribution in [3.8, 4) is 0 Å². The first-order valence-corrected chi connectivity index (χ1v) is 7.87. The number of carbonyl (C=O) groups excluding carboxylic acids is 1. The molecule has 21 heavy (non-hydrogen) atoms. The van der Waals surface area contributed by atoms with Gasteiger partial charge in [-0.2, -0.15) is 0 Å². The second kappa shape index (κ2) is 8.15. The normalized spacial score (nSPS) is 20.4. The minimum Gasteiger partial charge on any atom is -0.396 e. The van der Waals surface area contributed by atoms with E-state index in [0.717, 1.165) is 32.4 Å². The molecule has 0 saturated carbocycles. The maximum absolute atomic E-state index is 12.3. The van der Waals surface area contributed by atoms with Gasteiger partial charge in [-0.3, -0.25) is 9.69 Å². The zero-order chi connectivity index (χ0) is 15.1. The van der Waals surface area contributed by atoms with Crippen LogP contribution in [-0.2, 0) is 11.3 Å². The Morgan fingerprint density at radius 3 is 2.90 bits per heavy atom. The number of nitrogens with zero attached hydrogens (tertiary/aromatic N) is 1. The Balaban J connectivity index is 1.84. The van der Waals surface area contributed by atoms with Crippen LogP contribution in [0.2, 0.25) is 0 Å². The summed E-state index contributed by atoms with van der Waals surface area (Å²) >= 11 is 0. The SMILES string of the molecule is CC(CCO)CNC(=O)C1CCCN1Cc1ccccc1. The molecule has 1 aliphatic rings. The molecule has 1 saturated heterocycles. The molecule has 1 amide bonds. The van der Waals surface area contributed by atoms with E-state index >= 15 is 0 Å². The summed E-state index contributed by atoms with van der Waals surface area (Å²) < 4.78 is 0. The quantitative estimate of drug-likeness (QED) is 0.805. The molecule has 2 N–H and O–H groups in total. The van der Waals surface area contributed by atoms with E-state index in [4.69, 9.17) is 5.11 Å². The van der Waals surface area contributed by atoms with Gasteiger partial charge in [-0.15, -0.1) is 0 Å². The van der Waals surface area contributed by atoms with Crippen molar-refractivity contribution in [2.75, 3.05) is 19.7 Å². The fourth-order valence-corrected chi connectivity index (χ4v) is 2.85. The Kier molecular flexibility index (Phi) is 6.21. The molecule has 2 rings (SSSR count). The Bertz CT molecular complexity index is 436. The Morgan fingerprint density at radius 2 is 2.19 bits per heavy atom. The van der Waals surface area contributed by atoms with Crippen molar-refractivity contribution >= 4 is 5.91 Å². The van der Waals surface area contributed by atoms with E-state index in [1.807, 2.05) is 25.1 Å². The van der Waals surface area contributed by atoms with E-state index in [1.165, 1.54) is 5.56 Å². The van der Waals surface area contributed by atoms with Crippen LogP contribution in [0.5, 0.6) is 0 Å². The Hall–Kier alpha value is -1.39. The van der Waals surface area contributed by atoms with E-state index in [-0.39, 0.29) is 18.6 Å². The number of nitrogens with one attached hydrogen (secondary N) is 1. The van der Waals surface area contributed by atoms with Crippen molar-refractivity contribution in [1.82, 2.24) is 10.2 Å². The van der Waals surface area contributed by atoms with E-state index in [9.17, 15) is 4.79 Å². The van der Waals surface area contributed by atoms with E-state index < -0.39 is 0 Å². The van der Waals surface area contributed by atoms with Gasteiger partial charge in [0, 0.05) is 19.7 Å². The number of benzene rings is 1. The number of carbonyl (C=O) groups is 1. The largest absolute Gasteiger partial charge is 0.396 e. The molecule has 0 aliphatic carbocycles. The van der Waals surface area contributed by atoms with Crippen LogP contribution in [0.4, 0.5) is 0 Å². The molecule has 2 atom stereocenters. The van der Waals surface area contributed by atoms with Gasteiger partial charge in [0.2, 0.25) is 5.91 Å². The lowest BCUT2D eigenvalue weighted by molar-refractivity contribution is -0.125. The summed E-state index contributed by atoms with van der Waals surface area (Å²) in [7, 11) is 0. The van der Waals surface area contributed by atoms with Gasteiger partial charge in [0.05, 0.1) is 6.04 Å². The number of likely N-dealkylation sites (tertiary alicyclic amines) is 1. The third-order valence-electron chi connectivity index (χ3n) is 4.14. The molecule has 1 aromatic carbocycles. The molecule has 1 aliphatic heterocycles. The van der Waals surface area contributed by atoms with Gasteiger partial charge in [0.15, 0.2) is 0 Å². The minimum absolute atomic E-state index is 0.00784. The maximum atomic E-state index is 12.3. The average Bonchev–Trinajstić information content (AvgIpc) is 2.94. The number of amides is 1. The molecule has 1 aromatic rings. The molecular formula is C17H26N2O2. The highest BCUT2D eigenvalue weighted by atomic mass is 16.3. The van der Waals surface area contributed by atoms with Gasteiger partial charge in [-0.05, 0) is 37.3 Å². The Labute approximate surface area is 127 Å². The molecule has 0 radical (unpaired) electrons. The topological polar surface area (TPSA) is 52.6 Å². The second-order valence-electron chi connectivity index (χ2n) is 5.98. The highest BCUT2D eigenvalue weighted by molar-refractivity contribution is 5.82. The van der Waals surface area contributed by atoms with Gasteiger partial charge in [0.25, 0.3) is 0 Å².